The van der Waals surface area contributed by atoms with Crippen molar-refractivity contribution in [3.8, 4) is 0 Å². The van der Waals surface area contributed by atoms with Crippen LogP contribution in [0.1, 0.15) is 46.4 Å². The van der Waals surface area contributed by atoms with E-state index in [-0.39, 0.29) is 30.3 Å². The highest BCUT2D eigenvalue weighted by Gasteiger charge is 2.61. The predicted molar refractivity (Wildman–Crippen MR) is 125 cm³/mol. The second kappa shape index (κ2) is 7.78. The van der Waals surface area contributed by atoms with Crippen LogP contribution in [-0.4, -0.2) is 39.5 Å². The minimum Gasteiger partial charge on any atom is -0.478 e. The number of nitrogens with one attached hydrogen (secondary N) is 1. The molecule has 178 valence electrons. The molecular formula is C25H26F2N4O3. The van der Waals surface area contributed by atoms with E-state index in [1.165, 1.54) is 10.5 Å². The van der Waals surface area contributed by atoms with Gasteiger partial charge in [-0.1, -0.05) is 12.1 Å². The number of anilines is 2. The molecule has 0 radical (unpaired) electrons. The Morgan fingerprint density at radius 2 is 1.91 bits per heavy atom. The monoisotopic (exact) mass is 468 g/mol. The summed E-state index contributed by atoms with van der Waals surface area (Å²) in [7, 11) is 0. The van der Waals surface area contributed by atoms with Crippen molar-refractivity contribution in [3.05, 3.63) is 69.1 Å². The van der Waals surface area contributed by atoms with Crippen LogP contribution in [0.4, 0.5) is 20.3 Å². The number of carboxylic acids is 1. The van der Waals surface area contributed by atoms with Crippen LogP contribution in [0.15, 0.2) is 41.3 Å². The lowest BCUT2D eigenvalue weighted by molar-refractivity contribution is -0.194. The lowest BCUT2D eigenvalue weighted by Crippen LogP contribution is -2.63. The van der Waals surface area contributed by atoms with E-state index < -0.39 is 23.7 Å². The zero-order valence-corrected chi connectivity index (χ0v) is 19.2. The van der Waals surface area contributed by atoms with Gasteiger partial charge >= 0.3 is 5.97 Å². The fourth-order valence-electron chi connectivity index (χ4n) is 5.22. The molecule has 3 atom stereocenters. The molecule has 1 aliphatic carbocycles. The molecule has 3 aliphatic rings. The molecule has 2 aromatic heterocycles. The zero-order chi connectivity index (χ0) is 24.4. The van der Waals surface area contributed by atoms with E-state index in [4.69, 9.17) is 4.98 Å². The molecule has 0 amide bonds. The summed E-state index contributed by atoms with van der Waals surface area (Å²) in [5.74, 6) is -4.67. The van der Waals surface area contributed by atoms with Gasteiger partial charge in [-0.15, -0.1) is 0 Å². The number of aromatic nitrogens is 2. The number of hydrogen-bond donors (Lipinski definition) is 2. The summed E-state index contributed by atoms with van der Waals surface area (Å²) in [6.07, 6.45) is 2.22. The third kappa shape index (κ3) is 3.41. The van der Waals surface area contributed by atoms with E-state index >= 15 is 0 Å². The summed E-state index contributed by atoms with van der Waals surface area (Å²) in [6, 6.07) is 8.14. The Morgan fingerprint density at radius 3 is 2.56 bits per heavy atom. The van der Waals surface area contributed by atoms with Crippen molar-refractivity contribution in [3.63, 3.8) is 0 Å². The van der Waals surface area contributed by atoms with E-state index in [0.29, 0.717) is 34.7 Å². The van der Waals surface area contributed by atoms with Crippen LogP contribution in [-0.2, 0) is 0 Å². The second-order valence-electron chi connectivity index (χ2n) is 9.46. The smallest absolute Gasteiger partial charge is 0.337 e. The normalized spacial score (nSPS) is 21.7. The molecule has 4 heterocycles. The van der Waals surface area contributed by atoms with Crippen molar-refractivity contribution in [1.29, 1.82) is 0 Å². The van der Waals surface area contributed by atoms with Gasteiger partial charge in [0.05, 0.1) is 17.2 Å². The van der Waals surface area contributed by atoms with Crippen LogP contribution in [0.3, 0.4) is 0 Å². The maximum Gasteiger partial charge on any atom is 0.337 e. The molecule has 7 nitrogen and oxygen atoms in total. The Hall–Kier alpha value is -3.49. The number of fused-ring (bicyclic) bond motifs is 3. The summed E-state index contributed by atoms with van der Waals surface area (Å²) in [5.41, 5.74) is 2.76. The highest BCUT2D eigenvalue weighted by molar-refractivity contribution is 5.94. The lowest BCUT2D eigenvalue weighted by atomic mass is 9.67. The molecule has 2 N–H and O–H groups in total. The van der Waals surface area contributed by atoms with Gasteiger partial charge in [0.25, 0.3) is 11.5 Å². The largest absolute Gasteiger partial charge is 0.478 e. The molecule has 3 unspecified atom stereocenters. The number of hydrogen-bond acceptors (Lipinski definition) is 5. The molecule has 34 heavy (non-hydrogen) atoms. The van der Waals surface area contributed by atoms with Gasteiger partial charge in [-0.05, 0) is 51.0 Å². The second-order valence-corrected chi connectivity index (χ2v) is 9.46. The third-order valence-corrected chi connectivity index (χ3v) is 7.12. The van der Waals surface area contributed by atoms with Gasteiger partial charge in [-0.25, -0.2) is 18.6 Å². The van der Waals surface area contributed by atoms with Gasteiger partial charge in [0.15, 0.2) is 0 Å². The quantitative estimate of drug-likeness (QED) is 0.582. The van der Waals surface area contributed by atoms with Gasteiger partial charge in [-0.2, -0.15) is 0 Å². The number of aryl methyl sites for hydroxylation is 1. The van der Waals surface area contributed by atoms with E-state index in [1.54, 1.807) is 31.3 Å². The van der Waals surface area contributed by atoms with Gasteiger partial charge < -0.3 is 15.3 Å². The van der Waals surface area contributed by atoms with Gasteiger partial charge in [0.1, 0.15) is 11.5 Å². The third-order valence-electron chi connectivity index (χ3n) is 7.12. The minimum absolute atomic E-state index is 0.140. The Balaban J connectivity index is 1.58. The number of pyridine rings is 1. The van der Waals surface area contributed by atoms with E-state index in [9.17, 15) is 23.5 Å². The maximum absolute atomic E-state index is 14.1. The Morgan fingerprint density at radius 1 is 1.24 bits per heavy atom. The van der Waals surface area contributed by atoms with Crippen molar-refractivity contribution in [2.24, 2.45) is 11.8 Å². The zero-order valence-electron chi connectivity index (χ0n) is 19.2. The summed E-state index contributed by atoms with van der Waals surface area (Å²) in [4.78, 5) is 31.5. The number of para-hydroxylation sites is 1. The number of rotatable bonds is 5. The van der Waals surface area contributed by atoms with Crippen LogP contribution in [0.2, 0.25) is 0 Å². The van der Waals surface area contributed by atoms with Gasteiger partial charge in [-0.3, -0.25) is 9.20 Å². The van der Waals surface area contributed by atoms with E-state index in [1.807, 2.05) is 24.8 Å². The first-order valence-corrected chi connectivity index (χ1v) is 11.3. The molecule has 6 rings (SSSR count). The molecule has 9 heteroatoms. The van der Waals surface area contributed by atoms with Crippen molar-refractivity contribution < 1.29 is 18.7 Å². The first kappa shape index (κ1) is 22.3. The van der Waals surface area contributed by atoms with Crippen molar-refractivity contribution in [2.75, 3.05) is 23.3 Å². The molecule has 2 aliphatic heterocycles. The Kier molecular flexibility index (Phi) is 5.11. The Bertz CT molecular complexity index is 1360. The van der Waals surface area contributed by atoms with Crippen molar-refractivity contribution in [2.45, 2.75) is 39.2 Å². The highest BCUT2D eigenvalue weighted by atomic mass is 19.3. The summed E-state index contributed by atoms with van der Waals surface area (Å²) in [5, 5.41) is 12.8. The average Bonchev–Trinajstić information content (AvgIpc) is 2.81. The van der Waals surface area contributed by atoms with Crippen LogP contribution in [0.5, 0.6) is 0 Å². The molecule has 1 aromatic carbocycles. The van der Waals surface area contributed by atoms with Gasteiger partial charge in [0, 0.05) is 42.4 Å². The first-order chi connectivity index (χ1) is 16.1. The number of benzene rings is 1. The van der Waals surface area contributed by atoms with E-state index in [2.05, 4.69) is 5.32 Å². The van der Waals surface area contributed by atoms with Crippen molar-refractivity contribution in [1.82, 2.24) is 9.38 Å². The SMILES string of the molecule is Cc1cc(C(C)Nc2ccccc2C(=O)O)c2nc(N3CC4CC(C3)C4(F)F)c(C)c(=O)n2c1. The number of alkyl halides is 2. The molecule has 2 saturated heterocycles. The summed E-state index contributed by atoms with van der Waals surface area (Å²) >= 11 is 0. The fourth-order valence-corrected chi connectivity index (χ4v) is 5.22. The van der Waals surface area contributed by atoms with Crippen molar-refractivity contribution >= 4 is 23.1 Å². The number of halogens is 2. The van der Waals surface area contributed by atoms with Gasteiger partial charge in [0.2, 0.25) is 0 Å². The van der Waals surface area contributed by atoms with Crippen LogP contribution in [0, 0.1) is 25.7 Å². The molecule has 0 spiro atoms. The predicted octanol–water partition coefficient (Wildman–Crippen LogP) is 4.27. The maximum atomic E-state index is 14.1. The number of carbonyl (C=O) groups is 1. The molecule has 2 bridgehead atoms. The van der Waals surface area contributed by atoms with E-state index in [0.717, 1.165) is 5.56 Å². The topological polar surface area (TPSA) is 86.9 Å². The van der Waals surface area contributed by atoms with Crippen LogP contribution in [0.25, 0.3) is 5.65 Å². The molecular weight excluding hydrogens is 442 g/mol. The average molecular weight is 469 g/mol. The molecule has 3 fully saturated rings. The number of carboxylic acid groups (broad SMARTS) is 1. The minimum atomic E-state index is -2.64. The number of piperidine rings is 2. The fraction of sp³-hybridized carbons (Fsp3) is 0.400. The Labute approximate surface area is 195 Å². The number of nitrogens with zero attached hydrogens (tertiary/aromatic N) is 3. The summed E-state index contributed by atoms with van der Waals surface area (Å²) < 4.78 is 29.7. The molecule has 3 aromatic rings. The first-order valence-electron chi connectivity index (χ1n) is 11.3. The standard InChI is InChI=1S/C25H26F2N4O3/c1-13-8-19(15(3)28-20-7-5-4-6-18(20)24(33)34)22-29-21(14(2)23(32)31(22)10-13)30-11-16-9-17(12-30)25(16,26)27/h4-8,10,15-17,28H,9,11-12H2,1-3H3,(H,33,34). The van der Waals surface area contributed by atoms with Crippen LogP contribution < -0.4 is 15.8 Å². The van der Waals surface area contributed by atoms with Crippen LogP contribution >= 0.6 is 0 Å². The highest BCUT2D eigenvalue weighted by Crippen LogP contribution is 2.53. The number of aromatic carboxylic acids is 1. The lowest BCUT2D eigenvalue weighted by Gasteiger charge is -2.53. The molecule has 1 saturated carbocycles. The summed E-state index contributed by atoms with van der Waals surface area (Å²) in [6.45, 7) is 5.77.